The van der Waals surface area contributed by atoms with Crippen molar-refractivity contribution in [1.82, 2.24) is 10.6 Å². The van der Waals surface area contributed by atoms with E-state index < -0.39 is 0 Å². The van der Waals surface area contributed by atoms with Crippen LogP contribution in [0.25, 0.3) is 0 Å². The van der Waals surface area contributed by atoms with Gasteiger partial charge in [-0.1, -0.05) is 26.0 Å². The van der Waals surface area contributed by atoms with Crippen molar-refractivity contribution in [2.45, 2.75) is 26.8 Å². The molecule has 19 heavy (non-hydrogen) atoms. The van der Waals surface area contributed by atoms with Gasteiger partial charge in [0.15, 0.2) is 0 Å². The van der Waals surface area contributed by atoms with Crippen molar-refractivity contribution in [3.8, 4) is 0 Å². The SMILES string of the molecule is CNC(=O)c1ccc(CNCC(C)(C)CCO)cc1. The summed E-state index contributed by atoms with van der Waals surface area (Å²) in [6.45, 7) is 6.10. The Morgan fingerprint density at radius 2 is 1.89 bits per heavy atom. The average molecular weight is 264 g/mol. The summed E-state index contributed by atoms with van der Waals surface area (Å²) in [4.78, 5) is 11.4. The van der Waals surface area contributed by atoms with E-state index in [-0.39, 0.29) is 17.9 Å². The number of carbonyl (C=O) groups is 1. The monoisotopic (exact) mass is 264 g/mol. The molecule has 0 aliphatic rings. The van der Waals surface area contributed by atoms with Gasteiger partial charge in [-0.3, -0.25) is 4.79 Å². The molecule has 0 bridgehead atoms. The number of aliphatic hydroxyl groups is 1. The molecule has 0 aliphatic heterocycles. The van der Waals surface area contributed by atoms with Crippen molar-refractivity contribution in [3.05, 3.63) is 35.4 Å². The quantitative estimate of drug-likeness (QED) is 0.700. The van der Waals surface area contributed by atoms with E-state index in [2.05, 4.69) is 24.5 Å². The molecular weight excluding hydrogens is 240 g/mol. The highest BCUT2D eigenvalue weighted by Crippen LogP contribution is 2.18. The van der Waals surface area contributed by atoms with Crippen LogP contribution < -0.4 is 10.6 Å². The maximum Gasteiger partial charge on any atom is 0.251 e. The molecule has 0 fully saturated rings. The molecule has 0 atom stereocenters. The van der Waals surface area contributed by atoms with Crippen LogP contribution in [0.4, 0.5) is 0 Å². The summed E-state index contributed by atoms with van der Waals surface area (Å²) in [5.74, 6) is -0.0661. The minimum Gasteiger partial charge on any atom is -0.396 e. The minimum atomic E-state index is -0.0661. The standard InChI is InChI=1S/C15H24N2O2/c1-15(2,8-9-18)11-17-10-12-4-6-13(7-5-12)14(19)16-3/h4-7,17-18H,8-11H2,1-3H3,(H,16,19). The van der Waals surface area contributed by atoms with E-state index in [1.807, 2.05) is 24.3 Å². The predicted octanol–water partition coefficient (Wildman–Crippen LogP) is 1.54. The molecule has 0 aromatic heterocycles. The first-order valence-corrected chi connectivity index (χ1v) is 6.61. The van der Waals surface area contributed by atoms with Crippen LogP contribution >= 0.6 is 0 Å². The van der Waals surface area contributed by atoms with Crippen molar-refractivity contribution in [1.29, 1.82) is 0 Å². The van der Waals surface area contributed by atoms with E-state index in [1.165, 1.54) is 0 Å². The van der Waals surface area contributed by atoms with Gasteiger partial charge in [-0.05, 0) is 29.5 Å². The van der Waals surface area contributed by atoms with Gasteiger partial charge in [0.05, 0.1) is 0 Å². The molecule has 1 rings (SSSR count). The minimum absolute atomic E-state index is 0.0661. The number of nitrogens with one attached hydrogen (secondary N) is 2. The summed E-state index contributed by atoms with van der Waals surface area (Å²) in [5.41, 5.74) is 1.91. The lowest BCUT2D eigenvalue weighted by atomic mass is 9.90. The van der Waals surface area contributed by atoms with E-state index in [0.29, 0.717) is 5.56 Å². The van der Waals surface area contributed by atoms with E-state index in [0.717, 1.165) is 25.1 Å². The third-order valence-electron chi connectivity index (χ3n) is 3.16. The summed E-state index contributed by atoms with van der Waals surface area (Å²) in [7, 11) is 1.63. The molecule has 1 amide bonds. The molecule has 0 heterocycles. The zero-order valence-electron chi connectivity index (χ0n) is 12.0. The third kappa shape index (κ3) is 5.41. The van der Waals surface area contributed by atoms with Crippen LogP contribution in [0.1, 0.15) is 36.2 Å². The van der Waals surface area contributed by atoms with Crippen LogP contribution in [-0.2, 0) is 6.54 Å². The van der Waals surface area contributed by atoms with Gasteiger partial charge in [0.2, 0.25) is 0 Å². The smallest absolute Gasteiger partial charge is 0.251 e. The van der Waals surface area contributed by atoms with Gasteiger partial charge in [-0.2, -0.15) is 0 Å². The molecule has 0 aliphatic carbocycles. The lowest BCUT2D eigenvalue weighted by molar-refractivity contribution is 0.0963. The second kappa shape index (κ2) is 7.26. The molecule has 1 aromatic carbocycles. The second-order valence-corrected chi connectivity index (χ2v) is 5.52. The second-order valence-electron chi connectivity index (χ2n) is 5.52. The number of hydrogen-bond donors (Lipinski definition) is 3. The van der Waals surface area contributed by atoms with E-state index in [1.54, 1.807) is 7.05 Å². The molecule has 4 heteroatoms. The molecule has 0 unspecified atom stereocenters. The Morgan fingerprint density at radius 1 is 1.26 bits per heavy atom. The van der Waals surface area contributed by atoms with Crippen molar-refractivity contribution < 1.29 is 9.90 Å². The number of hydrogen-bond acceptors (Lipinski definition) is 3. The predicted molar refractivity (Wildman–Crippen MR) is 77.0 cm³/mol. The Hall–Kier alpha value is -1.39. The average Bonchev–Trinajstić information content (AvgIpc) is 2.38. The van der Waals surface area contributed by atoms with Gasteiger partial charge in [-0.25, -0.2) is 0 Å². The Kier molecular flexibility index (Phi) is 5.99. The Bertz CT molecular complexity index is 399. The van der Waals surface area contributed by atoms with Crippen LogP contribution in [0.5, 0.6) is 0 Å². The van der Waals surface area contributed by atoms with Crippen molar-refractivity contribution in [3.63, 3.8) is 0 Å². The fourth-order valence-corrected chi connectivity index (χ4v) is 1.85. The van der Waals surface area contributed by atoms with Crippen LogP contribution in [0.15, 0.2) is 24.3 Å². The molecule has 0 spiro atoms. The molecule has 0 radical (unpaired) electrons. The van der Waals surface area contributed by atoms with Gasteiger partial charge < -0.3 is 15.7 Å². The highest BCUT2D eigenvalue weighted by Gasteiger charge is 2.16. The molecular formula is C15H24N2O2. The van der Waals surface area contributed by atoms with Crippen LogP contribution in [0.2, 0.25) is 0 Å². The fourth-order valence-electron chi connectivity index (χ4n) is 1.85. The number of rotatable bonds is 7. The van der Waals surface area contributed by atoms with Crippen molar-refractivity contribution in [2.75, 3.05) is 20.2 Å². The van der Waals surface area contributed by atoms with E-state index >= 15 is 0 Å². The fraction of sp³-hybridized carbons (Fsp3) is 0.533. The number of benzene rings is 1. The van der Waals surface area contributed by atoms with Gasteiger partial charge in [0.1, 0.15) is 0 Å². The number of aliphatic hydroxyl groups excluding tert-OH is 1. The summed E-state index contributed by atoms with van der Waals surface area (Å²) >= 11 is 0. The molecule has 106 valence electrons. The number of amides is 1. The summed E-state index contributed by atoms with van der Waals surface area (Å²) < 4.78 is 0. The first kappa shape index (κ1) is 15.7. The summed E-state index contributed by atoms with van der Waals surface area (Å²) in [5, 5.41) is 14.9. The van der Waals surface area contributed by atoms with E-state index in [9.17, 15) is 4.79 Å². The van der Waals surface area contributed by atoms with Crippen LogP contribution in [0.3, 0.4) is 0 Å². The Balaban J connectivity index is 2.44. The molecule has 4 nitrogen and oxygen atoms in total. The van der Waals surface area contributed by atoms with Crippen molar-refractivity contribution >= 4 is 5.91 Å². The Labute approximate surface area is 115 Å². The lowest BCUT2D eigenvalue weighted by Gasteiger charge is -2.24. The van der Waals surface area contributed by atoms with Gasteiger partial charge in [0.25, 0.3) is 5.91 Å². The first-order valence-electron chi connectivity index (χ1n) is 6.61. The molecule has 0 saturated heterocycles. The zero-order valence-corrected chi connectivity index (χ0v) is 12.0. The third-order valence-corrected chi connectivity index (χ3v) is 3.16. The molecule has 3 N–H and O–H groups in total. The highest BCUT2D eigenvalue weighted by atomic mass is 16.3. The van der Waals surface area contributed by atoms with Crippen LogP contribution in [-0.4, -0.2) is 31.2 Å². The maximum absolute atomic E-state index is 11.4. The van der Waals surface area contributed by atoms with Gasteiger partial charge >= 0.3 is 0 Å². The zero-order chi connectivity index (χ0) is 14.3. The molecule has 0 saturated carbocycles. The normalized spacial score (nSPS) is 11.4. The number of carbonyl (C=O) groups excluding carboxylic acids is 1. The van der Waals surface area contributed by atoms with Gasteiger partial charge in [0, 0.05) is 32.3 Å². The van der Waals surface area contributed by atoms with Crippen LogP contribution in [0, 0.1) is 5.41 Å². The van der Waals surface area contributed by atoms with E-state index in [4.69, 9.17) is 5.11 Å². The van der Waals surface area contributed by atoms with Crippen molar-refractivity contribution in [2.24, 2.45) is 5.41 Å². The highest BCUT2D eigenvalue weighted by molar-refractivity contribution is 5.93. The molecule has 1 aromatic rings. The summed E-state index contributed by atoms with van der Waals surface area (Å²) in [6.07, 6.45) is 0.787. The van der Waals surface area contributed by atoms with Gasteiger partial charge in [-0.15, -0.1) is 0 Å². The summed E-state index contributed by atoms with van der Waals surface area (Å²) in [6, 6.07) is 7.57. The largest absolute Gasteiger partial charge is 0.396 e. The Morgan fingerprint density at radius 3 is 2.42 bits per heavy atom. The lowest BCUT2D eigenvalue weighted by Crippen LogP contribution is -2.29. The topological polar surface area (TPSA) is 61.4 Å². The first-order chi connectivity index (χ1) is 8.98. The maximum atomic E-state index is 11.4.